The molecule has 0 radical (unpaired) electrons. The fraction of sp³-hybridized carbons (Fsp3) is 0.154. The maximum atomic E-state index is 10.6. The number of carbonyl (C=O) groups is 1. The third-order valence-corrected chi connectivity index (χ3v) is 3.21. The highest BCUT2D eigenvalue weighted by atomic mass is 35.5. The molecule has 5 heteroatoms. The van der Waals surface area contributed by atoms with Crippen molar-refractivity contribution < 1.29 is 9.53 Å². The Morgan fingerprint density at radius 2 is 2.28 bits per heavy atom. The van der Waals surface area contributed by atoms with E-state index in [2.05, 4.69) is 9.97 Å². The van der Waals surface area contributed by atoms with Gasteiger partial charge in [-0.15, -0.1) is 0 Å². The van der Waals surface area contributed by atoms with Gasteiger partial charge in [-0.1, -0.05) is 17.7 Å². The molecule has 0 saturated heterocycles. The lowest BCUT2D eigenvalue weighted by atomic mass is 10.1. The number of nitrogens with zero attached hydrogens (tertiary/aromatic N) is 2. The van der Waals surface area contributed by atoms with Crippen molar-refractivity contribution in [2.24, 2.45) is 0 Å². The van der Waals surface area contributed by atoms with Crippen molar-refractivity contribution in [3.8, 4) is 0 Å². The number of aldehydes is 1. The SMILES string of the molecule is O=CC1=CCC(c2ccc3ncnc(Cl)c3c2)O1. The van der Waals surface area contributed by atoms with E-state index < -0.39 is 0 Å². The van der Waals surface area contributed by atoms with Gasteiger partial charge in [0.15, 0.2) is 12.0 Å². The van der Waals surface area contributed by atoms with Crippen LogP contribution in [0.15, 0.2) is 36.4 Å². The number of halogens is 1. The fourth-order valence-electron chi connectivity index (χ4n) is 2.01. The van der Waals surface area contributed by atoms with Crippen LogP contribution in [0.1, 0.15) is 18.1 Å². The largest absolute Gasteiger partial charge is 0.482 e. The zero-order chi connectivity index (χ0) is 12.5. The van der Waals surface area contributed by atoms with Gasteiger partial charge in [-0.25, -0.2) is 9.97 Å². The maximum Gasteiger partial charge on any atom is 0.184 e. The Morgan fingerprint density at radius 3 is 3.06 bits per heavy atom. The highest BCUT2D eigenvalue weighted by Crippen LogP contribution is 2.32. The summed E-state index contributed by atoms with van der Waals surface area (Å²) < 4.78 is 5.49. The van der Waals surface area contributed by atoms with E-state index in [9.17, 15) is 4.79 Å². The second kappa shape index (κ2) is 4.38. The van der Waals surface area contributed by atoms with Crippen molar-refractivity contribution in [2.75, 3.05) is 0 Å². The van der Waals surface area contributed by atoms with Crippen LogP contribution in [0.3, 0.4) is 0 Å². The van der Waals surface area contributed by atoms with Gasteiger partial charge in [0.2, 0.25) is 0 Å². The van der Waals surface area contributed by atoms with E-state index >= 15 is 0 Å². The molecule has 0 N–H and O–H groups in total. The van der Waals surface area contributed by atoms with Gasteiger partial charge >= 0.3 is 0 Å². The zero-order valence-electron chi connectivity index (χ0n) is 9.34. The summed E-state index contributed by atoms with van der Waals surface area (Å²) in [5, 5.41) is 1.21. The topological polar surface area (TPSA) is 52.1 Å². The number of carbonyl (C=O) groups excluding carboxylic acids is 1. The van der Waals surface area contributed by atoms with Crippen LogP contribution in [0.4, 0.5) is 0 Å². The summed E-state index contributed by atoms with van der Waals surface area (Å²) in [6.45, 7) is 0. The summed E-state index contributed by atoms with van der Waals surface area (Å²) >= 11 is 6.03. The van der Waals surface area contributed by atoms with Gasteiger partial charge in [0.25, 0.3) is 0 Å². The number of hydrogen-bond acceptors (Lipinski definition) is 4. The molecule has 1 aliphatic rings. The van der Waals surface area contributed by atoms with Crippen LogP contribution in [0, 0.1) is 0 Å². The van der Waals surface area contributed by atoms with E-state index in [1.807, 2.05) is 18.2 Å². The molecule has 18 heavy (non-hydrogen) atoms. The molecule has 0 bridgehead atoms. The number of rotatable bonds is 2. The van der Waals surface area contributed by atoms with Crippen molar-refractivity contribution in [3.05, 3.63) is 47.1 Å². The van der Waals surface area contributed by atoms with Gasteiger partial charge in [-0.2, -0.15) is 0 Å². The lowest BCUT2D eigenvalue weighted by Gasteiger charge is -2.12. The second-order valence-corrected chi connectivity index (χ2v) is 4.37. The van der Waals surface area contributed by atoms with Crippen LogP contribution < -0.4 is 0 Å². The maximum absolute atomic E-state index is 10.6. The standard InChI is InChI=1S/C13H9ClN2O2/c14-13-10-5-8(1-3-11(10)15-7-16-13)12-4-2-9(6-17)18-12/h1-3,5-7,12H,4H2. The van der Waals surface area contributed by atoms with E-state index in [-0.39, 0.29) is 6.10 Å². The van der Waals surface area contributed by atoms with E-state index in [0.29, 0.717) is 17.3 Å². The molecule has 4 nitrogen and oxygen atoms in total. The third kappa shape index (κ3) is 1.84. The smallest absolute Gasteiger partial charge is 0.184 e. The van der Waals surface area contributed by atoms with E-state index in [0.717, 1.165) is 22.8 Å². The molecule has 1 aromatic carbocycles. The minimum absolute atomic E-state index is 0.133. The average Bonchev–Trinajstić information content (AvgIpc) is 2.88. The predicted octanol–water partition coefficient (Wildman–Crippen LogP) is 2.83. The number of hydrogen-bond donors (Lipinski definition) is 0. The summed E-state index contributed by atoms with van der Waals surface area (Å²) in [5.74, 6) is 0.385. The van der Waals surface area contributed by atoms with Gasteiger partial charge in [0.05, 0.1) is 5.52 Å². The highest BCUT2D eigenvalue weighted by Gasteiger charge is 2.20. The van der Waals surface area contributed by atoms with Crippen LogP contribution in [-0.4, -0.2) is 16.3 Å². The molecule has 1 unspecified atom stereocenters. The predicted molar refractivity (Wildman–Crippen MR) is 67.1 cm³/mol. The molecule has 1 aromatic heterocycles. The number of allylic oxidation sites excluding steroid dienone is 1. The molecule has 0 saturated carbocycles. The quantitative estimate of drug-likeness (QED) is 0.615. The first-order valence-corrected chi connectivity index (χ1v) is 5.88. The summed E-state index contributed by atoms with van der Waals surface area (Å²) in [5.41, 5.74) is 1.76. The van der Waals surface area contributed by atoms with Crippen LogP contribution in [0.25, 0.3) is 10.9 Å². The number of benzene rings is 1. The number of fused-ring (bicyclic) bond motifs is 1. The lowest BCUT2D eigenvalue weighted by molar-refractivity contribution is -0.108. The normalized spacial score (nSPS) is 18.5. The first-order chi connectivity index (χ1) is 8.78. The van der Waals surface area contributed by atoms with Crippen molar-refractivity contribution in [1.29, 1.82) is 0 Å². The highest BCUT2D eigenvalue weighted by molar-refractivity contribution is 6.34. The van der Waals surface area contributed by atoms with Crippen molar-refractivity contribution in [2.45, 2.75) is 12.5 Å². The van der Waals surface area contributed by atoms with E-state index in [1.54, 1.807) is 6.08 Å². The molecule has 1 aliphatic heterocycles. The molecule has 3 rings (SSSR count). The molecular formula is C13H9ClN2O2. The van der Waals surface area contributed by atoms with Gasteiger partial charge < -0.3 is 4.74 Å². The average molecular weight is 261 g/mol. The lowest BCUT2D eigenvalue weighted by Crippen LogP contribution is -1.98. The third-order valence-electron chi connectivity index (χ3n) is 2.91. The van der Waals surface area contributed by atoms with Crippen molar-refractivity contribution >= 4 is 28.8 Å². The molecule has 0 aliphatic carbocycles. The molecule has 0 amide bonds. The van der Waals surface area contributed by atoms with E-state index in [4.69, 9.17) is 16.3 Å². The molecule has 2 aromatic rings. The summed E-state index contributed by atoms with van der Waals surface area (Å²) in [7, 11) is 0. The number of aromatic nitrogens is 2. The summed E-state index contributed by atoms with van der Waals surface area (Å²) in [6, 6.07) is 5.71. The van der Waals surface area contributed by atoms with E-state index in [1.165, 1.54) is 6.33 Å². The first-order valence-electron chi connectivity index (χ1n) is 5.50. The second-order valence-electron chi connectivity index (χ2n) is 4.01. The van der Waals surface area contributed by atoms with Gasteiger partial charge in [0, 0.05) is 11.8 Å². The molecule has 2 heterocycles. The zero-order valence-corrected chi connectivity index (χ0v) is 10.1. The van der Waals surface area contributed by atoms with Gasteiger partial charge in [-0.05, 0) is 23.8 Å². The van der Waals surface area contributed by atoms with Crippen LogP contribution in [-0.2, 0) is 9.53 Å². The Labute approximate surface area is 108 Å². The Hall–Kier alpha value is -1.94. The van der Waals surface area contributed by atoms with Crippen molar-refractivity contribution in [3.63, 3.8) is 0 Å². The molecule has 0 fully saturated rings. The molecule has 0 spiro atoms. The minimum Gasteiger partial charge on any atom is -0.482 e. The van der Waals surface area contributed by atoms with Gasteiger partial charge in [-0.3, -0.25) is 4.79 Å². The first kappa shape index (κ1) is 11.2. The Bertz CT molecular complexity index is 654. The fourth-order valence-corrected chi connectivity index (χ4v) is 2.20. The van der Waals surface area contributed by atoms with Crippen LogP contribution >= 0.6 is 11.6 Å². The van der Waals surface area contributed by atoms with Crippen molar-refractivity contribution in [1.82, 2.24) is 9.97 Å². The Balaban J connectivity index is 1.99. The summed E-state index contributed by atoms with van der Waals surface area (Å²) in [6.07, 6.45) is 4.49. The summed E-state index contributed by atoms with van der Waals surface area (Å²) in [4.78, 5) is 18.7. The molecule has 1 atom stereocenters. The molecular weight excluding hydrogens is 252 g/mol. The monoisotopic (exact) mass is 260 g/mol. The van der Waals surface area contributed by atoms with Crippen LogP contribution in [0.2, 0.25) is 5.15 Å². The number of ether oxygens (including phenoxy) is 1. The van der Waals surface area contributed by atoms with Gasteiger partial charge in [0.1, 0.15) is 17.6 Å². The Kier molecular flexibility index (Phi) is 2.72. The van der Waals surface area contributed by atoms with Crippen LogP contribution in [0.5, 0.6) is 0 Å². The molecule has 90 valence electrons. The Morgan fingerprint density at radius 1 is 1.39 bits per heavy atom. The minimum atomic E-state index is -0.133.